The number of unbranched alkanes of at least 4 members (excludes halogenated alkanes) is 2. The van der Waals surface area contributed by atoms with Crippen molar-refractivity contribution in [3.8, 4) is 40.1 Å². The van der Waals surface area contributed by atoms with E-state index in [1.165, 1.54) is 0 Å². The van der Waals surface area contributed by atoms with E-state index in [-0.39, 0.29) is 17.3 Å². The second kappa shape index (κ2) is 10.8. The van der Waals surface area contributed by atoms with Gasteiger partial charge in [0.05, 0.1) is 12.2 Å². The molecular formula is C29H30N2O6. The van der Waals surface area contributed by atoms with Gasteiger partial charge in [0.25, 0.3) is 0 Å². The van der Waals surface area contributed by atoms with Crippen molar-refractivity contribution in [2.75, 3.05) is 6.61 Å². The maximum Gasteiger partial charge on any atom is 0.363 e. The molecule has 2 heterocycles. The van der Waals surface area contributed by atoms with Gasteiger partial charge < -0.3 is 24.3 Å². The van der Waals surface area contributed by atoms with Crippen LogP contribution >= 0.6 is 0 Å². The van der Waals surface area contributed by atoms with Crippen LogP contribution in [-0.2, 0) is 12.8 Å². The summed E-state index contributed by atoms with van der Waals surface area (Å²) >= 11 is 0. The van der Waals surface area contributed by atoms with Crippen molar-refractivity contribution in [1.82, 2.24) is 9.89 Å². The Morgan fingerprint density at radius 2 is 1.59 bits per heavy atom. The van der Waals surface area contributed by atoms with Crippen LogP contribution in [0.3, 0.4) is 0 Å². The van der Waals surface area contributed by atoms with Gasteiger partial charge in [0, 0.05) is 28.3 Å². The number of hydrogen-bond donors (Lipinski definition) is 2. The summed E-state index contributed by atoms with van der Waals surface area (Å²) in [5.41, 5.74) is 3.83. The van der Waals surface area contributed by atoms with Gasteiger partial charge in [-0.25, -0.2) is 4.79 Å². The number of aromatic nitrogens is 2. The van der Waals surface area contributed by atoms with Crippen LogP contribution in [-0.4, -0.2) is 32.7 Å². The molecule has 2 aromatic heterocycles. The zero-order valence-electron chi connectivity index (χ0n) is 20.8. The molecule has 0 fully saturated rings. The van der Waals surface area contributed by atoms with Gasteiger partial charge >= 0.3 is 5.97 Å². The van der Waals surface area contributed by atoms with Crippen molar-refractivity contribution in [2.45, 2.75) is 51.9 Å². The predicted octanol–water partition coefficient (Wildman–Crippen LogP) is 5.94. The molecule has 0 amide bonds. The number of hydrogen-bond acceptors (Lipinski definition) is 7. The molecule has 0 unspecified atom stereocenters. The Kier molecular flexibility index (Phi) is 7.16. The minimum atomic E-state index is -0.692. The van der Waals surface area contributed by atoms with Crippen LogP contribution in [0.4, 0.5) is 0 Å². The largest absolute Gasteiger partial charge is 0.494 e. The lowest BCUT2D eigenvalue weighted by Gasteiger charge is -2.09. The fourth-order valence-corrected chi connectivity index (χ4v) is 4.55. The highest BCUT2D eigenvalue weighted by Gasteiger charge is 2.27. The van der Waals surface area contributed by atoms with Crippen LogP contribution in [0.1, 0.15) is 60.5 Å². The van der Waals surface area contributed by atoms with Crippen LogP contribution in [0.15, 0.2) is 59.1 Å². The van der Waals surface area contributed by atoms with Crippen LogP contribution in [0.25, 0.3) is 22.6 Å². The SMILES string of the molecule is CCCCCOc1ccc(-c2cc(-c3ccc(C(=O)On4c(O)c5c(c4O)CCCC5)cc3)no2)cc1. The molecule has 2 N–H and O–H groups in total. The van der Waals surface area contributed by atoms with Gasteiger partial charge in [-0.2, -0.15) is 0 Å². The quantitative estimate of drug-likeness (QED) is 0.273. The second-order valence-electron chi connectivity index (χ2n) is 9.22. The lowest BCUT2D eigenvalue weighted by molar-refractivity contribution is 0.0380. The summed E-state index contributed by atoms with van der Waals surface area (Å²) < 4.78 is 12.1. The van der Waals surface area contributed by atoms with E-state index in [2.05, 4.69) is 12.1 Å². The van der Waals surface area contributed by atoms with E-state index < -0.39 is 5.97 Å². The summed E-state index contributed by atoms with van der Waals surface area (Å²) in [6, 6.07) is 16.2. The highest BCUT2D eigenvalue weighted by molar-refractivity contribution is 5.90. The molecule has 5 rings (SSSR count). The van der Waals surface area contributed by atoms with Crippen LogP contribution < -0.4 is 9.57 Å². The van der Waals surface area contributed by atoms with E-state index in [1.807, 2.05) is 30.3 Å². The molecule has 0 aliphatic heterocycles. The summed E-state index contributed by atoms with van der Waals surface area (Å²) in [4.78, 5) is 18.0. The zero-order chi connectivity index (χ0) is 25.8. The van der Waals surface area contributed by atoms with E-state index in [4.69, 9.17) is 14.1 Å². The minimum Gasteiger partial charge on any atom is -0.494 e. The van der Waals surface area contributed by atoms with Crippen molar-refractivity contribution in [1.29, 1.82) is 0 Å². The second-order valence-corrected chi connectivity index (χ2v) is 9.22. The topological polar surface area (TPSA) is 107 Å². The van der Waals surface area contributed by atoms with E-state index in [0.29, 0.717) is 42.0 Å². The number of carbonyl (C=O) groups excluding carboxylic acids is 1. The molecule has 192 valence electrons. The van der Waals surface area contributed by atoms with Crippen LogP contribution in [0, 0.1) is 0 Å². The molecule has 8 heteroatoms. The smallest absolute Gasteiger partial charge is 0.363 e. The standard InChI is InChI=1S/C29H30N2O6/c1-2-3-6-17-35-22-15-13-20(14-16-22)26-18-25(30-36-26)19-9-11-21(12-10-19)29(34)37-31-27(32)23-7-4-5-8-24(23)28(31)33/h9-16,18,32-33H,2-8,17H2,1H3. The van der Waals surface area contributed by atoms with E-state index in [1.54, 1.807) is 24.3 Å². The number of aromatic hydroxyl groups is 2. The molecule has 0 saturated heterocycles. The van der Waals surface area contributed by atoms with E-state index in [9.17, 15) is 15.0 Å². The molecule has 2 aromatic carbocycles. The number of rotatable bonds is 9. The van der Waals surface area contributed by atoms with Gasteiger partial charge in [-0.3, -0.25) is 0 Å². The Bertz CT molecular complexity index is 1340. The number of carbonyl (C=O) groups is 1. The van der Waals surface area contributed by atoms with Gasteiger partial charge in [-0.1, -0.05) is 37.1 Å². The first-order chi connectivity index (χ1) is 18.0. The average molecular weight is 503 g/mol. The molecule has 0 bridgehead atoms. The summed E-state index contributed by atoms with van der Waals surface area (Å²) in [6.07, 6.45) is 6.48. The van der Waals surface area contributed by atoms with E-state index in [0.717, 1.165) is 53.7 Å². The first kappa shape index (κ1) is 24.5. The molecule has 8 nitrogen and oxygen atoms in total. The van der Waals surface area contributed by atoms with Gasteiger partial charge in [-0.15, -0.1) is 4.73 Å². The van der Waals surface area contributed by atoms with Gasteiger partial charge in [0.15, 0.2) is 5.76 Å². The molecular weight excluding hydrogens is 472 g/mol. The lowest BCUT2D eigenvalue weighted by atomic mass is 9.95. The predicted molar refractivity (Wildman–Crippen MR) is 138 cm³/mol. The van der Waals surface area contributed by atoms with E-state index >= 15 is 0 Å². The number of nitrogens with zero attached hydrogens (tertiary/aromatic N) is 2. The van der Waals surface area contributed by atoms with Gasteiger partial charge in [0.2, 0.25) is 11.8 Å². The highest BCUT2D eigenvalue weighted by atomic mass is 16.7. The summed E-state index contributed by atoms with van der Waals surface area (Å²) in [7, 11) is 0. The number of benzene rings is 2. The molecule has 0 atom stereocenters. The van der Waals surface area contributed by atoms with Gasteiger partial charge in [0.1, 0.15) is 11.4 Å². The number of ether oxygens (including phenoxy) is 1. The van der Waals surface area contributed by atoms with Crippen molar-refractivity contribution in [2.24, 2.45) is 0 Å². The van der Waals surface area contributed by atoms with Crippen molar-refractivity contribution < 1.29 is 29.1 Å². The molecule has 4 aromatic rings. The van der Waals surface area contributed by atoms with Crippen molar-refractivity contribution in [3.05, 3.63) is 71.3 Å². The molecule has 1 aliphatic rings. The summed E-state index contributed by atoms with van der Waals surface area (Å²) in [5, 5.41) is 25.0. The fraction of sp³-hybridized carbons (Fsp3) is 0.310. The Morgan fingerprint density at radius 3 is 2.24 bits per heavy atom. The molecule has 1 aliphatic carbocycles. The van der Waals surface area contributed by atoms with Crippen LogP contribution in [0.2, 0.25) is 0 Å². The Hall–Kier alpha value is -4.20. The zero-order valence-corrected chi connectivity index (χ0v) is 20.8. The van der Waals surface area contributed by atoms with Crippen molar-refractivity contribution >= 4 is 5.97 Å². The Morgan fingerprint density at radius 1 is 0.946 bits per heavy atom. The maximum atomic E-state index is 12.7. The third kappa shape index (κ3) is 5.18. The summed E-state index contributed by atoms with van der Waals surface area (Å²) in [6.45, 7) is 2.87. The highest BCUT2D eigenvalue weighted by Crippen LogP contribution is 2.38. The minimum absolute atomic E-state index is 0.219. The van der Waals surface area contributed by atoms with Gasteiger partial charge in [-0.05, 0) is 68.5 Å². The molecule has 0 radical (unpaired) electrons. The maximum absolute atomic E-state index is 12.7. The Labute approximate surface area is 215 Å². The molecule has 0 spiro atoms. The molecule has 0 saturated carbocycles. The summed E-state index contributed by atoms with van der Waals surface area (Å²) in [5.74, 6) is 0.316. The molecule has 37 heavy (non-hydrogen) atoms. The van der Waals surface area contributed by atoms with Crippen molar-refractivity contribution in [3.63, 3.8) is 0 Å². The first-order valence-electron chi connectivity index (χ1n) is 12.7. The fourth-order valence-electron chi connectivity index (χ4n) is 4.55. The normalized spacial score (nSPS) is 12.8. The number of fused-ring (bicyclic) bond motifs is 1. The Balaban J connectivity index is 1.24. The third-order valence-corrected chi connectivity index (χ3v) is 6.65. The lowest BCUT2D eigenvalue weighted by Crippen LogP contribution is -2.19. The first-order valence-corrected chi connectivity index (χ1v) is 12.7. The third-order valence-electron chi connectivity index (χ3n) is 6.65. The van der Waals surface area contributed by atoms with Crippen LogP contribution in [0.5, 0.6) is 17.5 Å². The average Bonchev–Trinajstić information content (AvgIpc) is 3.52. The monoisotopic (exact) mass is 502 g/mol.